The molecule has 76 valence electrons. The minimum Gasteiger partial charge on any atom is -0.366 e. The van der Waals surface area contributed by atoms with Crippen LogP contribution in [0.3, 0.4) is 0 Å². The van der Waals surface area contributed by atoms with Crippen molar-refractivity contribution < 1.29 is 4.79 Å². The molecule has 2 heterocycles. The number of carbonyl (C=O) groups excluding carboxylic acids is 1. The van der Waals surface area contributed by atoms with E-state index in [1.54, 1.807) is 6.07 Å². The monoisotopic (exact) mass is 201 g/mol. The molecule has 15 heavy (non-hydrogen) atoms. The van der Waals surface area contributed by atoms with Crippen LogP contribution >= 0.6 is 0 Å². The molecule has 1 atom stereocenters. The van der Waals surface area contributed by atoms with Crippen molar-refractivity contribution >= 4 is 11.7 Å². The van der Waals surface area contributed by atoms with Crippen LogP contribution in [-0.2, 0) is 6.42 Å². The number of nitrogens with zero attached hydrogens (tertiary/aromatic N) is 1. The van der Waals surface area contributed by atoms with E-state index in [2.05, 4.69) is 16.2 Å². The Morgan fingerprint density at radius 3 is 3.27 bits per heavy atom. The summed E-state index contributed by atoms with van der Waals surface area (Å²) in [5, 5.41) is 3.20. The lowest BCUT2D eigenvalue weighted by molar-refractivity contribution is 0.1000. The molecule has 0 aliphatic carbocycles. The van der Waals surface area contributed by atoms with E-state index in [9.17, 15) is 4.79 Å². The van der Waals surface area contributed by atoms with Gasteiger partial charge in [-0.25, -0.2) is 4.98 Å². The minimum atomic E-state index is -0.453. The molecule has 4 heteroatoms. The third-order valence-electron chi connectivity index (χ3n) is 2.42. The van der Waals surface area contributed by atoms with Crippen molar-refractivity contribution in [2.45, 2.75) is 18.9 Å². The maximum atomic E-state index is 10.9. The number of fused-ring (bicyclic) bond motifs is 1. The number of rotatable bonds is 2. The molecule has 1 aliphatic rings. The van der Waals surface area contributed by atoms with Gasteiger partial charge in [-0.3, -0.25) is 4.79 Å². The van der Waals surface area contributed by atoms with Crippen molar-refractivity contribution in [3.63, 3.8) is 0 Å². The standard InChI is InChI=1S/C11H11N3O/c1-2-3-9-5-7-4-8(10(12)15)6-13-11(7)14-9/h1,4,6,9H,3,5H2,(H2,12,15)(H,13,14)/t9-/m1/s1. The van der Waals surface area contributed by atoms with E-state index in [0.717, 1.165) is 17.8 Å². The van der Waals surface area contributed by atoms with E-state index >= 15 is 0 Å². The summed E-state index contributed by atoms with van der Waals surface area (Å²) in [5.41, 5.74) is 6.62. The molecule has 1 amide bonds. The zero-order valence-corrected chi connectivity index (χ0v) is 8.16. The quantitative estimate of drug-likeness (QED) is 0.686. The summed E-state index contributed by atoms with van der Waals surface area (Å²) in [6.45, 7) is 0. The number of hydrogen-bond acceptors (Lipinski definition) is 3. The van der Waals surface area contributed by atoms with E-state index in [1.165, 1.54) is 6.20 Å². The number of nitrogens with one attached hydrogen (secondary N) is 1. The summed E-state index contributed by atoms with van der Waals surface area (Å²) in [6.07, 6.45) is 8.17. The first kappa shape index (κ1) is 9.53. The van der Waals surface area contributed by atoms with Crippen molar-refractivity contribution in [1.82, 2.24) is 4.98 Å². The van der Waals surface area contributed by atoms with Gasteiger partial charge in [-0.15, -0.1) is 12.3 Å². The molecule has 1 aliphatic heterocycles. The van der Waals surface area contributed by atoms with E-state index in [4.69, 9.17) is 12.2 Å². The molecule has 0 radical (unpaired) electrons. The zero-order chi connectivity index (χ0) is 10.8. The molecular weight excluding hydrogens is 190 g/mol. The molecular formula is C11H11N3O. The molecule has 0 fully saturated rings. The highest BCUT2D eigenvalue weighted by Crippen LogP contribution is 2.25. The Hall–Kier alpha value is -2.02. The highest BCUT2D eigenvalue weighted by atomic mass is 16.1. The zero-order valence-electron chi connectivity index (χ0n) is 8.16. The molecule has 1 aromatic rings. The van der Waals surface area contributed by atoms with Gasteiger partial charge in [0.15, 0.2) is 0 Å². The number of aromatic nitrogens is 1. The molecule has 0 saturated carbocycles. The molecule has 2 rings (SSSR count). The van der Waals surface area contributed by atoms with Gasteiger partial charge in [-0.2, -0.15) is 0 Å². The van der Waals surface area contributed by atoms with Gasteiger partial charge in [0.25, 0.3) is 0 Å². The molecule has 0 unspecified atom stereocenters. The Labute approximate surface area is 87.9 Å². The number of pyridine rings is 1. The summed E-state index contributed by atoms with van der Waals surface area (Å²) in [4.78, 5) is 15.1. The number of amides is 1. The average molecular weight is 201 g/mol. The van der Waals surface area contributed by atoms with Crippen molar-refractivity contribution in [3.8, 4) is 12.3 Å². The number of nitrogens with two attached hydrogens (primary N) is 1. The maximum Gasteiger partial charge on any atom is 0.250 e. The maximum absolute atomic E-state index is 10.9. The molecule has 0 aromatic carbocycles. The van der Waals surface area contributed by atoms with Gasteiger partial charge in [0.05, 0.1) is 5.56 Å². The lowest BCUT2D eigenvalue weighted by atomic mass is 10.1. The second-order valence-electron chi connectivity index (χ2n) is 3.55. The minimum absolute atomic E-state index is 0.223. The Morgan fingerprint density at radius 1 is 1.80 bits per heavy atom. The smallest absolute Gasteiger partial charge is 0.250 e. The largest absolute Gasteiger partial charge is 0.366 e. The molecule has 3 N–H and O–H groups in total. The van der Waals surface area contributed by atoms with Crippen LogP contribution in [0.5, 0.6) is 0 Å². The van der Waals surface area contributed by atoms with E-state index < -0.39 is 5.91 Å². The van der Waals surface area contributed by atoms with Crippen LogP contribution in [0.4, 0.5) is 5.82 Å². The predicted molar refractivity (Wildman–Crippen MR) is 57.3 cm³/mol. The number of carbonyl (C=O) groups is 1. The third kappa shape index (κ3) is 1.77. The molecule has 0 saturated heterocycles. The summed E-state index contributed by atoms with van der Waals surface area (Å²) >= 11 is 0. The van der Waals surface area contributed by atoms with Gasteiger partial charge in [-0.1, -0.05) is 0 Å². The first-order valence-electron chi connectivity index (χ1n) is 4.69. The summed E-state index contributed by atoms with van der Waals surface area (Å²) in [7, 11) is 0. The van der Waals surface area contributed by atoms with Crippen LogP contribution in [0, 0.1) is 12.3 Å². The van der Waals surface area contributed by atoms with Crippen molar-refractivity contribution in [2.24, 2.45) is 5.73 Å². The van der Waals surface area contributed by atoms with Crippen LogP contribution in [0.15, 0.2) is 12.3 Å². The Kier molecular flexibility index (Phi) is 2.30. The molecule has 4 nitrogen and oxygen atoms in total. The second kappa shape index (κ2) is 3.62. The Morgan fingerprint density at radius 2 is 2.60 bits per heavy atom. The Balaban J connectivity index is 2.24. The summed E-state index contributed by atoms with van der Waals surface area (Å²) in [6, 6.07) is 1.99. The molecule has 0 bridgehead atoms. The lowest BCUT2D eigenvalue weighted by Gasteiger charge is -2.04. The fourth-order valence-corrected chi connectivity index (χ4v) is 1.71. The fraction of sp³-hybridized carbons (Fsp3) is 0.273. The van der Waals surface area contributed by atoms with Gasteiger partial charge in [0.1, 0.15) is 5.82 Å². The molecule has 1 aromatic heterocycles. The topological polar surface area (TPSA) is 68.0 Å². The van der Waals surface area contributed by atoms with Crippen LogP contribution < -0.4 is 11.1 Å². The first-order valence-corrected chi connectivity index (χ1v) is 4.69. The number of primary amides is 1. The van der Waals surface area contributed by atoms with Gasteiger partial charge >= 0.3 is 0 Å². The molecule has 0 spiro atoms. The van der Waals surface area contributed by atoms with Gasteiger partial charge in [-0.05, 0) is 18.1 Å². The van der Waals surface area contributed by atoms with Crippen LogP contribution in [0.2, 0.25) is 0 Å². The van der Waals surface area contributed by atoms with Crippen molar-refractivity contribution in [1.29, 1.82) is 0 Å². The number of anilines is 1. The fourth-order valence-electron chi connectivity index (χ4n) is 1.71. The van der Waals surface area contributed by atoms with E-state index in [1.807, 2.05) is 0 Å². The number of hydrogen-bond donors (Lipinski definition) is 2. The Bertz CT molecular complexity index is 448. The van der Waals surface area contributed by atoms with Crippen LogP contribution in [-0.4, -0.2) is 16.9 Å². The van der Waals surface area contributed by atoms with Gasteiger partial charge in [0.2, 0.25) is 5.91 Å². The average Bonchev–Trinajstić information content (AvgIpc) is 2.59. The summed E-state index contributed by atoms with van der Waals surface area (Å²) < 4.78 is 0. The van der Waals surface area contributed by atoms with Crippen LogP contribution in [0.25, 0.3) is 0 Å². The summed E-state index contributed by atoms with van der Waals surface area (Å²) in [5.74, 6) is 2.95. The highest BCUT2D eigenvalue weighted by molar-refractivity contribution is 5.93. The number of terminal acetylenes is 1. The normalized spacial score (nSPS) is 17.7. The lowest BCUT2D eigenvalue weighted by Crippen LogP contribution is -2.14. The van der Waals surface area contributed by atoms with E-state index in [-0.39, 0.29) is 6.04 Å². The third-order valence-corrected chi connectivity index (χ3v) is 2.42. The first-order chi connectivity index (χ1) is 7.20. The second-order valence-corrected chi connectivity index (χ2v) is 3.55. The SMILES string of the molecule is C#CC[C@@H]1Cc2cc(C(N)=O)cnc2N1. The van der Waals surface area contributed by atoms with E-state index in [0.29, 0.717) is 12.0 Å². The van der Waals surface area contributed by atoms with Crippen molar-refractivity contribution in [3.05, 3.63) is 23.4 Å². The van der Waals surface area contributed by atoms with Crippen LogP contribution in [0.1, 0.15) is 22.3 Å². The highest BCUT2D eigenvalue weighted by Gasteiger charge is 2.21. The van der Waals surface area contributed by atoms with Crippen molar-refractivity contribution in [2.75, 3.05) is 5.32 Å². The van der Waals surface area contributed by atoms with Gasteiger partial charge < -0.3 is 11.1 Å². The van der Waals surface area contributed by atoms with Gasteiger partial charge in [0, 0.05) is 18.7 Å². The predicted octanol–water partition coefficient (Wildman–Crippen LogP) is 0.540.